The van der Waals surface area contributed by atoms with Crippen molar-refractivity contribution in [3.8, 4) is 0 Å². The number of benzene rings is 3. The fourth-order valence-electron chi connectivity index (χ4n) is 3.72. The van der Waals surface area contributed by atoms with Gasteiger partial charge in [0.2, 0.25) is 10.0 Å². The van der Waals surface area contributed by atoms with Gasteiger partial charge in [0.05, 0.1) is 17.0 Å². The summed E-state index contributed by atoms with van der Waals surface area (Å²) in [6, 6.07) is 22.5. The maximum atomic E-state index is 12.9. The van der Waals surface area contributed by atoms with E-state index in [2.05, 4.69) is 21.1 Å². The summed E-state index contributed by atoms with van der Waals surface area (Å²) in [5, 5.41) is 4.30. The van der Waals surface area contributed by atoms with Crippen LogP contribution in [0.15, 0.2) is 79.0 Å². The van der Waals surface area contributed by atoms with Gasteiger partial charge in [0.15, 0.2) is 0 Å². The number of rotatable bonds is 7. The van der Waals surface area contributed by atoms with E-state index in [-0.39, 0.29) is 22.5 Å². The van der Waals surface area contributed by atoms with Crippen LogP contribution in [0.4, 0.5) is 5.69 Å². The number of nitrogens with one attached hydrogen (secondary N) is 3. The Morgan fingerprint density at radius 3 is 2.50 bits per heavy atom. The van der Waals surface area contributed by atoms with Crippen LogP contribution in [0.2, 0.25) is 5.02 Å². The summed E-state index contributed by atoms with van der Waals surface area (Å²) in [6.07, 6.45) is 3.01. The van der Waals surface area contributed by atoms with Gasteiger partial charge in [-0.1, -0.05) is 60.1 Å². The lowest BCUT2D eigenvalue weighted by molar-refractivity contribution is 0.0952. The van der Waals surface area contributed by atoms with Crippen molar-refractivity contribution in [1.82, 2.24) is 10.3 Å². The zero-order valence-electron chi connectivity index (χ0n) is 17.3. The molecule has 32 heavy (non-hydrogen) atoms. The van der Waals surface area contributed by atoms with Crippen molar-refractivity contribution in [2.75, 3.05) is 17.5 Å². The van der Waals surface area contributed by atoms with E-state index in [1.54, 1.807) is 6.07 Å². The molecule has 4 rings (SSSR count). The first-order valence-corrected chi connectivity index (χ1v) is 12.3. The van der Waals surface area contributed by atoms with Crippen LogP contribution in [-0.4, -0.2) is 32.1 Å². The lowest BCUT2D eigenvalue weighted by Gasteiger charge is -2.18. The molecule has 0 aliphatic rings. The normalized spacial score (nSPS) is 12.4. The molecule has 1 aromatic heterocycles. The molecule has 0 fully saturated rings. The van der Waals surface area contributed by atoms with Crippen LogP contribution in [0.25, 0.3) is 10.9 Å². The molecular formula is C24H22ClN3O3S. The van der Waals surface area contributed by atoms with E-state index in [0.29, 0.717) is 12.1 Å². The van der Waals surface area contributed by atoms with E-state index in [4.69, 9.17) is 11.6 Å². The average Bonchev–Trinajstić information content (AvgIpc) is 3.19. The molecule has 1 atom stereocenters. The van der Waals surface area contributed by atoms with E-state index < -0.39 is 10.0 Å². The predicted octanol–water partition coefficient (Wildman–Crippen LogP) is 4.75. The minimum Gasteiger partial charge on any atom is -0.361 e. The van der Waals surface area contributed by atoms with E-state index in [1.807, 2.05) is 54.7 Å². The maximum absolute atomic E-state index is 12.9. The fraction of sp³-hybridized carbons (Fsp3) is 0.125. The summed E-state index contributed by atoms with van der Waals surface area (Å²) in [4.78, 5) is 16.2. The first kappa shape index (κ1) is 21.9. The Morgan fingerprint density at radius 2 is 1.75 bits per heavy atom. The Morgan fingerprint density at radius 1 is 1.03 bits per heavy atom. The molecule has 8 heteroatoms. The summed E-state index contributed by atoms with van der Waals surface area (Å²) in [7, 11) is -3.52. The summed E-state index contributed by atoms with van der Waals surface area (Å²) in [5.74, 6) is -0.392. The van der Waals surface area contributed by atoms with Gasteiger partial charge in [-0.05, 0) is 35.4 Å². The van der Waals surface area contributed by atoms with Crippen molar-refractivity contribution in [3.05, 3.63) is 101 Å². The van der Waals surface area contributed by atoms with Crippen LogP contribution in [0.3, 0.4) is 0 Å². The number of fused-ring (bicyclic) bond motifs is 1. The Labute approximate surface area is 191 Å². The Kier molecular flexibility index (Phi) is 6.21. The highest BCUT2D eigenvalue weighted by Crippen LogP contribution is 2.30. The topological polar surface area (TPSA) is 91.1 Å². The third-order valence-corrected chi connectivity index (χ3v) is 6.11. The molecule has 0 spiro atoms. The molecule has 1 heterocycles. The van der Waals surface area contributed by atoms with Crippen molar-refractivity contribution in [2.45, 2.75) is 5.92 Å². The number of carbonyl (C=O) groups is 1. The molecule has 3 N–H and O–H groups in total. The molecule has 0 saturated heterocycles. The highest BCUT2D eigenvalue weighted by atomic mass is 35.5. The van der Waals surface area contributed by atoms with Gasteiger partial charge in [-0.15, -0.1) is 0 Å². The molecule has 6 nitrogen and oxygen atoms in total. The van der Waals surface area contributed by atoms with E-state index in [9.17, 15) is 13.2 Å². The molecule has 0 aliphatic heterocycles. The van der Waals surface area contributed by atoms with Crippen LogP contribution in [0, 0.1) is 0 Å². The van der Waals surface area contributed by atoms with Gasteiger partial charge in [-0.2, -0.15) is 0 Å². The van der Waals surface area contributed by atoms with Crippen LogP contribution in [-0.2, 0) is 10.0 Å². The zero-order valence-corrected chi connectivity index (χ0v) is 18.9. The van der Waals surface area contributed by atoms with E-state index in [0.717, 1.165) is 28.3 Å². The van der Waals surface area contributed by atoms with Gasteiger partial charge < -0.3 is 10.3 Å². The largest absolute Gasteiger partial charge is 0.361 e. The molecule has 0 saturated carbocycles. The highest BCUT2D eigenvalue weighted by molar-refractivity contribution is 7.92. The second-order valence-corrected chi connectivity index (χ2v) is 9.69. The number of hydrogen-bond acceptors (Lipinski definition) is 3. The molecule has 0 bridgehead atoms. The van der Waals surface area contributed by atoms with E-state index in [1.165, 1.54) is 12.1 Å². The predicted molar refractivity (Wildman–Crippen MR) is 129 cm³/mol. The Bertz CT molecular complexity index is 1370. The van der Waals surface area contributed by atoms with Crippen LogP contribution in [0.1, 0.15) is 27.4 Å². The van der Waals surface area contributed by atoms with Gasteiger partial charge >= 0.3 is 0 Å². The summed E-state index contributed by atoms with van der Waals surface area (Å²) in [6.45, 7) is 0.363. The fourth-order valence-corrected chi connectivity index (χ4v) is 4.51. The number of aromatic amines is 1. The molecule has 3 aromatic carbocycles. The quantitative estimate of drug-likeness (QED) is 0.366. The second kappa shape index (κ2) is 9.06. The van der Waals surface area contributed by atoms with Crippen molar-refractivity contribution in [1.29, 1.82) is 0 Å². The lowest BCUT2D eigenvalue weighted by Crippen LogP contribution is -2.29. The third kappa shape index (κ3) is 4.95. The Hall–Kier alpha value is -3.29. The van der Waals surface area contributed by atoms with Crippen molar-refractivity contribution in [2.24, 2.45) is 0 Å². The minimum atomic E-state index is -3.52. The monoisotopic (exact) mass is 467 g/mol. The number of sulfonamides is 1. The molecule has 0 aliphatic carbocycles. The standard InChI is InChI=1S/C24H22ClN3O3S/c1-32(30,31)28-23-13-17(11-12-21(23)25)24(29)27-14-19(16-7-3-2-4-8-16)20-15-26-22-10-6-5-9-18(20)22/h2-13,15,19,26,28H,14H2,1H3,(H,27,29). The number of aromatic nitrogens is 1. The van der Waals surface area contributed by atoms with Crippen LogP contribution < -0.4 is 10.0 Å². The first-order chi connectivity index (χ1) is 15.3. The highest BCUT2D eigenvalue weighted by Gasteiger charge is 2.20. The van der Waals surface area contributed by atoms with Gasteiger partial charge in [0.1, 0.15) is 0 Å². The molecule has 0 radical (unpaired) electrons. The number of H-pyrrole nitrogens is 1. The summed E-state index contributed by atoms with van der Waals surface area (Å²) >= 11 is 6.08. The SMILES string of the molecule is CS(=O)(=O)Nc1cc(C(=O)NCC(c2ccccc2)c2c[nH]c3ccccc23)ccc1Cl. The number of anilines is 1. The van der Waals surface area contributed by atoms with Gasteiger partial charge in [0.25, 0.3) is 5.91 Å². The lowest BCUT2D eigenvalue weighted by atomic mass is 9.91. The van der Waals surface area contributed by atoms with Crippen LogP contribution in [0.5, 0.6) is 0 Å². The molecular weight excluding hydrogens is 446 g/mol. The Balaban J connectivity index is 1.60. The summed E-state index contributed by atoms with van der Waals surface area (Å²) < 4.78 is 25.5. The van der Waals surface area contributed by atoms with Crippen molar-refractivity contribution >= 4 is 44.1 Å². The summed E-state index contributed by atoms with van der Waals surface area (Å²) in [5.41, 5.74) is 3.67. The molecule has 164 valence electrons. The average molecular weight is 468 g/mol. The van der Waals surface area contributed by atoms with Gasteiger partial charge in [-0.3, -0.25) is 9.52 Å². The van der Waals surface area contributed by atoms with E-state index >= 15 is 0 Å². The molecule has 1 unspecified atom stereocenters. The second-order valence-electron chi connectivity index (χ2n) is 7.53. The molecule has 4 aromatic rings. The van der Waals surface area contributed by atoms with Crippen molar-refractivity contribution in [3.63, 3.8) is 0 Å². The third-order valence-electron chi connectivity index (χ3n) is 5.19. The molecule has 1 amide bonds. The zero-order chi connectivity index (χ0) is 22.7. The van der Waals surface area contributed by atoms with Crippen molar-refractivity contribution < 1.29 is 13.2 Å². The number of halogens is 1. The number of para-hydroxylation sites is 1. The van der Waals surface area contributed by atoms with Gasteiger partial charge in [-0.25, -0.2) is 8.42 Å². The number of amides is 1. The van der Waals surface area contributed by atoms with Gasteiger partial charge in [0, 0.05) is 35.1 Å². The first-order valence-electron chi connectivity index (χ1n) is 9.98. The number of hydrogen-bond donors (Lipinski definition) is 3. The smallest absolute Gasteiger partial charge is 0.251 e. The number of carbonyl (C=O) groups excluding carboxylic acids is 1. The minimum absolute atomic E-state index is 0.0720. The maximum Gasteiger partial charge on any atom is 0.251 e. The van der Waals surface area contributed by atoms with Crippen LogP contribution >= 0.6 is 11.6 Å².